The molecule has 0 fully saturated rings. The first-order valence-corrected chi connectivity index (χ1v) is 4.62. The summed E-state index contributed by atoms with van der Waals surface area (Å²) in [5, 5.41) is -5.48. The van der Waals surface area contributed by atoms with Crippen molar-refractivity contribution in [2.75, 3.05) is 0 Å². The maximum atomic E-state index is 13.6. The van der Waals surface area contributed by atoms with Crippen LogP contribution in [0.1, 0.15) is 6.42 Å². The lowest BCUT2D eigenvalue weighted by Crippen LogP contribution is -2.46. The van der Waals surface area contributed by atoms with Gasteiger partial charge in [-0.05, 0) is 6.08 Å². The fraction of sp³-hybridized carbons (Fsp3) is 0.500. The average Bonchev–Trinajstić information content (AvgIpc) is 2.00. The van der Waals surface area contributed by atoms with Crippen molar-refractivity contribution >= 4 is 35.2 Å². The molecule has 1 aliphatic rings. The van der Waals surface area contributed by atoms with E-state index in [1.807, 2.05) is 0 Å². The number of rotatable bonds is 1. The second-order valence-corrected chi connectivity index (χ2v) is 4.22. The van der Waals surface area contributed by atoms with Crippen LogP contribution in [-0.4, -0.2) is 22.2 Å². The van der Waals surface area contributed by atoms with Crippen molar-refractivity contribution in [2.24, 2.45) is 10.9 Å². The van der Waals surface area contributed by atoms with E-state index in [-0.39, 0.29) is 0 Å². The predicted octanol–water partition coefficient (Wildman–Crippen LogP) is 2.23. The Morgan fingerprint density at radius 3 is 2.60 bits per heavy atom. The maximum absolute atomic E-state index is 13.6. The molecule has 3 nitrogen and oxygen atoms in total. The summed E-state index contributed by atoms with van der Waals surface area (Å²) >= 11 is 10.6. The molecule has 3 unspecified atom stereocenters. The van der Waals surface area contributed by atoms with Crippen LogP contribution in [0.4, 0.5) is 8.78 Å². The van der Waals surface area contributed by atoms with Gasteiger partial charge in [-0.1, -0.05) is 29.3 Å². The summed E-state index contributed by atoms with van der Waals surface area (Å²) in [6.07, 6.45) is 2.38. The topological polar surface area (TPSA) is 46.5 Å². The van der Waals surface area contributed by atoms with Crippen molar-refractivity contribution < 1.29 is 18.4 Å². The van der Waals surface area contributed by atoms with Crippen LogP contribution < -0.4 is 0 Å². The summed E-state index contributed by atoms with van der Waals surface area (Å²) in [4.78, 5) is 23.5. The molecule has 3 atom stereocenters. The van der Waals surface area contributed by atoms with Crippen molar-refractivity contribution in [1.29, 1.82) is 0 Å². The van der Waals surface area contributed by atoms with E-state index < -0.39 is 28.5 Å². The fourth-order valence-corrected chi connectivity index (χ4v) is 2.08. The minimum Gasteiger partial charge on any atom is -0.271 e. The number of alkyl halides is 4. The van der Waals surface area contributed by atoms with E-state index in [0.717, 1.165) is 18.2 Å². The first-order chi connectivity index (χ1) is 6.81. The number of amides is 1. The van der Waals surface area contributed by atoms with Gasteiger partial charge >= 0.3 is 0 Å². The minimum atomic E-state index is -2.79. The Labute approximate surface area is 93.8 Å². The number of allylic oxidation sites excluding steroid dienone is 2. The lowest BCUT2D eigenvalue weighted by molar-refractivity contribution is -0.127. The molecule has 1 rings (SSSR count). The first-order valence-electron chi connectivity index (χ1n) is 3.86. The van der Waals surface area contributed by atoms with Crippen LogP contribution in [-0.2, 0) is 9.59 Å². The van der Waals surface area contributed by atoms with E-state index >= 15 is 0 Å². The zero-order chi connectivity index (χ0) is 11.7. The lowest BCUT2D eigenvalue weighted by atomic mass is 9.89. The van der Waals surface area contributed by atoms with Gasteiger partial charge in [-0.2, -0.15) is 0 Å². The summed E-state index contributed by atoms with van der Waals surface area (Å²) < 4.78 is 27.1. The molecule has 15 heavy (non-hydrogen) atoms. The molecule has 0 bridgehead atoms. The zero-order valence-electron chi connectivity index (χ0n) is 7.21. The molecule has 7 heteroatoms. The van der Waals surface area contributed by atoms with E-state index in [9.17, 15) is 18.4 Å². The van der Waals surface area contributed by atoms with E-state index in [0.29, 0.717) is 0 Å². The number of hydrogen-bond acceptors (Lipinski definition) is 2. The molecule has 0 heterocycles. The highest BCUT2D eigenvalue weighted by Gasteiger charge is 2.56. The molecule has 0 radical (unpaired) electrons. The summed E-state index contributed by atoms with van der Waals surface area (Å²) in [6.45, 7) is 0. The standard InChI is InChI=1S/C8H5Cl2F2NO2/c9-7(11)2-1-3-8(10,12)5(7)6(15)13-4-14/h1-2,5H,3H2. The van der Waals surface area contributed by atoms with Gasteiger partial charge in [0.25, 0.3) is 5.91 Å². The molecule has 82 valence electrons. The predicted molar refractivity (Wildman–Crippen MR) is 49.8 cm³/mol. The van der Waals surface area contributed by atoms with Crippen molar-refractivity contribution in [2.45, 2.75) is 16.7 Å². The first kappa shape index (κ1) is 12.3. The Morgan fingerprint density at radius 1 is 1.53 bits per heavy atom. The monoisotopic (exact) mass is 255 g/mol. The van der Waals surface area contributed by atoms with Gasteiger partial charge < -0.3 is 0 Å². The number of carbonyl (C=O) groups is 1. The number of nitrogens with zero attached hydrogens (tertiary/aromatic N) is 1. The molecule has 0 aromatic heterocycles. The molecule has 0 aromatic rings. The molecular formula is C8H5Cl2F2NO2. The third-order valence-electron chi connectivity index (χ3n) is 1.94. The lowest BCUT2D eigenvalue weighted by Gasteiger charge is -2.33. The van der Waals surface area contributed by atoms with Crippen molar-refractivity contribution in [3.8, 4) is 0 Å². The molecule has 0 saturated heterocycles. The van der Waals surface area contributed by atoms with Gasteiger partial charge in [0.2, 0.25) is 16.3 Å². The van der Waals surface area contributed by atoms with Crippen LogP contribution in [0, 0.1) is 5.92 Å². The van der Waals surface area contributed by atoms with Gasteiger partial charge in [0.1, 0.15) is 5.92 Å². The molecule has 0 spiro atoms. The average molecular weight is 256 g/mol. The Balaban J connectivity index is 3.15. The molecule has 0 aromatic carbocycles. The number of halogens is 4. The van der Waals surface area contributed by atoms with Crippen molar-refractivity contribution in [3.63, 3.8) is 0 Å². The maximum Gasteiger partial charge on any atom is 0.269 e. The van der Waals surface area contributed by atoms with Gasteiger partial charge in [-0.3, -0.25) is 4.79 Å². The Bertz CT molecular complexity index is 362. The third kappa shape index (κ3) is 2.43. The van der Waals surface area contributed by atoms with Gasteiger partial charge in [0, 0.05) is 6.42 Å². The minimum absolute atomic E-state index is 0.391. The Kier molecular flexibility index (Phi) is 3.28. The highest BCUT2D eigenvalue weighted by molar-refractivity contribution is 6.30. The second-order valence-electron chi connectivity index (χ2n) is 3.02. The van der Waals surface area contributed by atoms with Gasteiger partial charge in [0.15, 0.2) is 0 Å². The largest absolute Gasteiger partial charge is 0.271 e. The van der Waals surface area contributed by atoms with Crippen LogP contribution in [0.25, 0.3) is 0 Å². The quantitative estimate of drug-likeness (QED) is 0.312. The molecular weight excluding hydrogens is 251 g/mol. The SMILES string of the molecule is O=C=NC(=O)C1C(F)(Cl)C=CCC1(F)Cl. The van der Waals surface area contributed by atoms with E-state index in [1.54, 1.807) is 0 Å². The summed E-state index contributed by atoms with van der Waals surface area (Å²) in [5.74, 6) is -3.43. The number of isocyanates is 1. The van der Waals surface area contributed by atoms with Crippen molar-refractivity contribution in [1.82, 2.24) is 0 Å². The normalized spacial score (nSPS) is 39.6. The van der Waals surface area contributed by atoms with Crippen LogP contribution in [0.3, 0.4) is 0 Å². The summed E-state index contributed by atoms with van der Waals surface area (Å²) in [5.41, 5.74) is 0. The summed E-state index contributed by atoms with van der Waals surface area (Å²) in [6, 6.07) is 0. The number of hydrogen-bond donors (Lipinski definition) is 0. The van der Waals surface area contributed by atoms with E-state index in [2.05, 4.69) is 4.99 Å². The Hall–Kier alpha value is -0.770. The van der Waals surface area contributed by atoms with Crippen LogP contribution >= 0.6 is 23.2 Å². The van der Waals surface area contributed by atoms with Crippen molar-refractivity contribution in [3.05, 3.63) is 12.2 Å². The van der Waals surface area contributed by atoms with Crippen LogP contribution in [0.2, 0.25) is 0 Å². The fourth-order valence-electron chi connectivity index (χ4n) is 1.32. The van der Waals surface area contributed by atoms with Gasteiger partial charge in [-0.25, -0.2) is 13.6 Å². The van der Waals surface area contributed by atoms with Gasteiger partial charge in [-0.15, -0.1) is 4.99 Å². The Morgan fingerprint density at radius 2 is 2.13 bits per heavy atom. The van der Waals surface area contributed by atoms with Crippen LogP contribution in [0.5, 0.6) is 0 Å². The van der Waals surface area contributed by atoms with Crippen LogP contribution in [0.15, 0.2) is 17.1 Å². The molecule has 0 N–H and O–H groups in total. The van der Waals surface area contributed by atoms with Gasteiger partial charge in [0.05, 0.1) is 0 Å². The molecule has 1 aliphatic carbocycles. The molecule has 0 saturated carbocycles. The van der Waals surface area contributed by atoms with E-state index in [4.69, 9.17) is 23.2 Å². The summed E-state index contributed by atoms with van der Waals surface area (Å²) in [7, 11) is 0. The highest BCUT2D eigenvalue weighted by Crippen LogP contribution is 2.47. The number of aliphatic imine (C=N–C) groups is 1. The van der Waals surface area contributed by atoms with E-state index in [1.165, 1.54) is 0 Å². The third-order valence-corrected chi connectivity index (χ3v) is 2.66. The second kappa shape index (κ2) is 4.00. The highest BCUT2D eigenvalue weighted by atomic mass is 35.5. The smallest absolute Gasteiger partial charge is 0.269 e. The molecule has 1 amide bonds. The number of carbonyl (C=O) groups excluding carboxylic acids is 2. The molecule has 0 aliphatic heterocycles. The zero-order valence-corrected chi connectivity index (χ0v) is 8.73.